The maximum absolute atomic E-state index is 13.4. The Kier molecular flexibility index (Phi) is 10.00. The zero-order valence-corrected chi connectivity index (χ0v) is 29.4. The third kappa shape index (κ3) is 7.93. The second kappa shape index (κ2) is 14.4. The van der Waals surface area contributed by atoms with E-state index in [4.69, 9.17) is 4.74 Å². The Morgan fingerprint density at radius 3 is 2.55 bits per heavy atom. The first-order valence-electron chi connectivity index (χ1n) is 17.2. The molecule has 3 aromatic heterocycles. The summed E-state index contributed by atoms with van der Waals surface area (Å²) in [6.45, 7) is 10.4. The van der Waals surface area contributed by atoms with Gasteiger partial charge in [-0.25, -0.2) is 14.8 Å². The van der Waals surface area contributed by atoms with Crippen molar-refractivity contribution in [1.29, 1.82) is 0 Å². The van der Waals surface area contributed by atoms with Crippen LogP contribution in [0.2, 0.25) is 0 Å². The molecule has 1 fully saturated rings. The number of aromatic nitrogens is 5. The van der Waals surface area contributed by atoms with E-state index in [1.54, 1.807) is 6.07 Å². The van der Waals surface area contributed by atoms with Crippen LogP contribution >= 0.6 is 0 Å². The van der Waals surface area contributed by atoms with Crippen LogP contribution < -0.4 is 25.6 Å². The molecule has 13 nitrogen and oxygen atoms in total. The fraction of sp³-hybridized carbons (Fsp3) is 0.500. The lowest BCUT2D eigenvalue weighted by atomic mass is 9.85. The van der Waals surface area contributed by atoms with Gasteiger partial charge in [-0.2, -0.15) is 0 Å². The Balaban J connectivity index is 1.16. The average Bonchev–Trinajstić information content (AvgIpc) is 3.48. The van der Waals surface area contributed by atoms with Crippen molar-refractivity contribution in [2.45, 2.75) is 83.4 Å². The summed E-state index contributed by atoms with van der Waals surface area (Å²) in [7, 11) is 3.87. The lowest BCUT2D eigenvalue weighted by Crippen LogP contribution is -2.38. The molecule has 49 heavy (non-hydrogen) atoms. The molecule has 3 N–H and O–H groups in total. The predicted octanol–water partition coefficient (Wildman–Crippen LogP) is 5.26. The van der Waals surface area contributed by atoms with Crippen LogP contribution in [-0.2, 0) is 5.41 Å². The summed E-state index contributed by atoms with van der Waals surface area (Å²) in [5, 5.41) is 17.8. The highest BCUT2D eigenvalue weighted by Gasteiger charge is 2.30. The number of hydrogen-bond acceptors (Lipinski definition) is 9. The first-order chi connectivity index (χ1) is 23.5. The Hall–Kier alpha value is -4.78. The maximum atomic E-state index is 13.4. The normalized spacial score (nSPS) is 19.4. The Morgan fingerprint density at radius 2 is 1.80 bits per heavy atom. The van der Waals surface area contributed by atoms with Crippen LogP contribution in [0.25, 0.3) is 5.65 Å². The number of fused-ring (bicyclic) bond motifs is 2. The molecule has 13 heteroatoms. The molecule has 2 aliphatic rings. The van der Waals surface area contributed by atoms with Crippen molar-refractivity contribution >= 4 is 29.4 Å². The van der Waals surface area contributed by atoms with Crippen molar-refractivity contribution in [2.24, 2.45) is 0 Å². The quantitative estimate of drug-likeness (QED) is 0.218. The first kappa shape index (κ1) is 34.1. The maximum Gasteiger partial charge on any atom is 0.320 e. The molecule has 260 valence electrons. The number of benzene rings is 1. The van der Waals surface area contributed by atoms with Crippen molar-refractivity contribution in [3.8, 4) is 5.75 Å². The van der Waals surface area contributed by atoms with E-state index in [-0.39, 0.29) is 35.1 Å². The van der Waals surface area contributed by atoms with E-state index in [0.717, 1.165) is 47.9 Å². The molecule has 1 saturated heterocycles. The molecule has 1 unspecified atom stereocenters. The van der Waals surface area contributed by atoms with Crippen molar-refractivity contribution < 1.29 is 14.3 Å². The summed E-state index contributed by atoms with van der Waals surface area (Å²) < 4.78 is 8.64. The number of amides is 3. The summed E-state index contributed by atoms with van der Waals surface area (Å²) in [6.07, 6.45) is 6.70. The smallest absolute Gasteiger partial charge is 0.320 e. The van der Waals surface area contributed by atoms with E-state index >= 15 is 0 Å². The van der Waals surface area contributed by atoms with Crippen LogP contribution in [0, 0.1) is 0 Å². The van der Waals surface area contributed by atoms with Gasteiger partial charge in [-0.3, -0.25) is 14.5 Å². The van der Waals surface area contributed by atoms with Gasteiger partial charge in [0, 0.05) is 37.2 Å². The second-order valence-electron chi connectivity index (χ2n) is 14.4. The highest BCUT2D eigenvalue weighted by Crippen LogP contribution is 2.39. The van der Waals surface area contributed by atoms with Crippen molar-refractivity contribution in [3.63, 3.8) is 0 Å². The van der Waals surface area contributed by atoms with E-state index in [2.05, 4.69) is 54.0 Å². The lowest BCUT2D eigenvalue weighted by molar-refractivity contribution is 0.0940. The summed E-state index contributed by atoms with van der Waals surface area (Å²) in [5.41, 5.74) is 3.11. The average molecular weight is 669 g/mol. The van der Waals surface area contributed by atoms with E-state index in [0.29, 0.717) is 37.7 Å². The van der Waals surface area contributed by atoms with Crippen molar-refractivity contribution in [3.05, 3.63) is 71.3 Å². The van der Waals surface area contributed by atoms with Crippen LogP contribution in [-0.4, -0.2) is 81.2 Å². The molecule has 1 aliphatic heterocycles. The van der Waals surface area contributed by atoms with E-state index in [9.17, 15) is 9.59 Å². The molecule has 3 amide bonds. The molecular weight excluding hydrogens is 620 g/mol. The number of likely N-dealkylation sites (N-methyl/N-ethyl adjacent to an activating group) is 1. The van der Waals surface area contributed by atoms with Crippen molar-refractivity contribution in [2.75, 3.05) is 43.9 Å². The van der Waals surface area contributed by atoms with Gasteiger partial charge in [0.1, 0.15) is 17.7 Å². The largest absolute Gasteiger partial charge is 0.484 e. The number of nitrogens with zero attached hydrogens (tertiary/aromatic N) is 7. The molecule has 0 radical (unpaired) electrons. The minimum atomic E-state index is -0.408. The molecule has 3 atom stereocenters. The van der Waals surface area contributed by atoms with Crippen LogP contribution in [0.5, 0.6) is 5.75 Å². The zero-order valence-electron chi connectivity index (χ0n) is 29.4. The highest BCUT2D eigenvalue weighted by molar-refractivity contribution is 5.92. The summed E-state index contributed by atoms with van der Waals surface area (Å²) in [5.74, 6) is 1.49. The van der Waals surface area contributed by atoms with Gasteiger partial charge in [-0.1, -0.05) is 45.0 Å². The number of hydrogen-bond donors (Lipinski definition) is 3. The van der Waals surface area contributed by atoms with E-state index in [1.165, 1.54) is 6.42 Å². The van der Waals surface area contributed by atoms with Crippen LogP contribution in [0.3, 0.4) is 0 Å². The first-order valence-corrected chi connectivity index (χ1v) is 17.2. The van der Waals surface area contributed by atoms with Gasteiger partial charge >= 0.3 is 6.03 Å². The van der Waals surface area contributed by atoms with Gasteiger partial charge in [-0.15, -0.1) is 10.2 Å². The predicted molar refractivity (Wildman–Crippen MR) is 189 cm³/mol. The summed E-state index contributed by atoms with van der Waals surface area (Å²) >= 11 is 0. The van der Waals surface area contributed by atoms with Crippen LogP contribution in [0.15, 0.2) is 48.7 Å². The number of urea groups is 1. The third-order valence-corrected chi connectivity index (χ3v) is 9.22. The van der Waals surface area contributed by atoms with Gasteiger partial charge in [-0.05, 0) is 76.4 Å². The Bertz CT molecular complexity index is 1800. The summed E-state index contributed by atoms with van der Waals surface area (Å²) in [4.78, 5) is 39.5. The Labute approximate surface area is 287 Å². The molecule has 1 aromatic carbocycles. The molecule has 4 heterocycles. The molecule has 0 spiro atoms. The fourth-order valence-electron chi connectivity index (χ4n) is 6.49. The van der Waals surface area contributed by atoms with Crippen LogP contribution in [0.1, 0.15) is 99.4 Å². The minimum absolute atomic E-state index is 0.0201. The lowest BCUT2D eigenvalue weighted by Gasteiger charge is -2.33. The SMILES string of the molecule is CC1CCCCN1c1nnc2ccc(O[C@@H]3CC[C@H](NC(=O)Nc4cc(C(C)(C)C)nc(C(=O)NCCN(C)C)n4)c4ccccc43)cn12. The number of carbonyl (C=O) groups excluding carboxylic acids is 2. The number of pyridine rings is 1. The third-order valence-electron chi connectivity index (χ3n) is 9.22. The van der Waals surface area contributed by atoms with Gasteiger partial charge in [0.25, 0.3) is 5.91 Å². The monoisotopic (exact) mass is 668 g/mol. The number of carbonyl (C=O) groups is 2. The molecular formula is C36H48N10O3. The molecule has 0 saturated carbocycles. The highest BCUT2D eigenvalue weighted by atomic mass is 16.5. The topological polar surface area (TPSA) is 142 Å². The number of anilines is 2. The van der Waals surface area contributed by atoms with Crippen molar-refractivity contribution in [1.82, 2.24) is 40.1 Å². The zero-order chi connectivity index (χ0) is 34.7. The minimum Gasteiger partial charge on any atom is -0.484 e. The van der Waals surface area contributed by atoms with Gasteiger partial charge in [0.2, 0.25) is 11.8 Å². The molecule has 0 bridgehead atoms. The van der Waals surface area contributed by atoms with Crippen LogP contribution in [0.4, 0.5) is 16.6 Å². The van der Waals surface area contributed by atoms with E-state index in [1.807, 2.05) is 80.7 Å². The number of ether oxygens (including phenoxy) is 1. The molecule has 6 rings (SSSR count). The summed E-state index contributed by atoms with van der Waals surface area (Å²) in [6, 6.07) is 13.4. The Morgan fingerprint density at radius 1 is 1.00 bits per heavy atom. The van der Waals surface area contributed by atoms with E-state index < -0.39 is 6.03 Å². The fourth-order valence-corrected chi connectivity index (χ4v) is 6.49. The number of rotatable bonds is 9. The molecule has 4 aromatic rings. The standard InChI is InChI=1S/C36H48N10O3/c1-23-11-9-10-19-45(23)35-43-42-31-17-14-24(22-46(31)35)49-28-16-15-27(25-12-7-8-13-26(25)28)38-34(48)41-30-21-29(36(2,3)4)39-32(40-30)33(47)37-18-20-44(5)6/h7-8,12-14,17,21-23,27-28H,9-11,15-16,18-20H2,1-6H3,(H,37,47)(H2,38,39,40,41,48)/t23?,27-,28+/m0/s1. The number of nitrogens with one attached hydrogen (secondary N) is 3. The molecule has 1 aliphatic carbocycles. The van der Waals surface area contributed by atoms with Gasteiger partial charge < -0.3 is 25.2 Å². The van der Waals surface area contributed by atoms with Gasteiger partial charge in [0.05, 0.1) is 17.9 Å². The number of piperidine rings is 1. The van der Waals surface area contributed by atoms with Gasteiger partial charge in [0.15, 0.2) is 5.65 Å². The second-order valence-corrected chi connectivity index (χ2v) is 14.4.